The molecule has 1 fully saturated rings. The maximum atomic E-state index is 12.5. The molecule has 0 aliphatic carbocycles. The zero-order valence-electron chi connectivity index (χ0n) is 13.2. The molecule has 1 saturated heterocycles. The van der Waals surface area contributed by atoms with E-state index in [1.807, 2.05) is 24.3 Å². The van der Waals surface area contributed by atoms with Crippen LogP contribution in [0.25, 0.3) is 0 Å². The maximum absolute atomic E-state index is 12.5. The molecule has 2 aliphatic rings. The number of nitrogens with one attached hydrogen (secondary N) is 1. The lowest BCUT2D eigenvalue weighted by atomic mass is 9.82. The number of benzene rings is 1. The van der Waals surface area contributed by atoms with Gasteiger partial charge in [-0.15, -0.1) is 0 Å². The number of anilines is 1. The summed E-state index contributed by atoms with van der Waals surface area (Å²) < 4.78 is 5.53. The first-order valence-corrected chi connectivity index (χ1v) is 7.98. The minimum absolute atomic E-state index is 0.300. The Labute approximate surface area is 135 Å². The average molecular weight is 315 g/mol. The molecule has 0 spiro atoms. The smallest absolute Gasteiger partial charge is 0.310 e. The number of hydrogen-bond donors (Lipinski definition) is 2. The fourth-order valence-electron chi connectivity index (χ4n) is 3.27. The lowest BCUT2D eigenvalue weighted by Gasteiger charge is -2.21. The molecule has 5 heteroatoms. The molecular weight excluding hydrogens is 294 g/mol. The topological polar surface area (TPSA) is 75.6 Å². The number of fused-ring (bicyclic) bond motifs is 2. The SMILES string of the molecule is CC[C@@H](C)c1ccc(NC(=O)[C@H]2[C@@H](C(=O)O)[C@H]3C=C[C@@H]2O3)cc1. The Kier molecular flexibility index (Phi) is 4.22. The molecule has 5 atom stereocenters. The normalized spacial score (nSPS) is 29.5. The van der Waals surface area contributed by atoms with E-state index in [-0.39, 0.29) is 5.91 Å². The van der Waals surface area contributed by atoms with Crippen molar-refractivity contribution in [3.63, 3.8) is 0 Å². The Morgan fingerprint density at radius 1 is 1.17 bits per heavy atom. The van der Waals surface area contributed by atoms with Crippen molar-refractivity contribution in [1.29, 1.82) is 0 Å². The second kappa shape index (κ2) is 6.16. The van der Waals surface area contributed by atoms with Gasteiger partial charge < -0.3 is 15.2 Å². The van der Waals surface area contributed by atoms with Gasteiger partial charge in [-0.3, -0.25) is 9.59 Å². The van der Waals surface area contributed by atoms with Crippen LogP contribution < -0.4 is 5.32 Å². The molecule has 1 aromatic rings. The monoisotopic (exact) mass is 315 g/mol. The van der Waals surface area contributed by atoms with Crippen molar-refractivity contribution in [3.05, 3.63) is 42.0 Å². The highest BCUT2D eigenvalue weighted by atomic mass is 16.5. The van der Waals surface area contributed by atoms with Gasteiger partial charge in [0.25, 0.3) is 0 Å². The predicted octanol–water partition coefficient (Wildman–Crippen LogP) is 2.79. The second-order valence-corrected chi connectivity index (χ2v) is 6.26. The third-order valence-corrected chi connectivity index (χ3v) is 4.85. The van der Waals surface area contributed by atoms with Gasteiger partial charge in [-0.25, -0.2) is 0 Å². The first-order chi connectivity index (χ1) is 11.0. The number of aliphatic carboxylic acids is 1. The third-order valence-electron chi connectivity index (χ3n) is 4.85. The van der Waals surface area contributed by atoms with Crippen molar-refractivity contribution in [1.82, 2.24) is 0 Å². The first kappa shape index (κ1) is 15.7. The van der Waals surface area contributed by atoms with Crippen LogP contribution in [0.1, 0.15) is 31.7 Å². The van der Waals surface area contributed by atoms with Gasteiger partial charge in [-0.2, -0.15) is 0 Å². The highest BCUT2D eigenvalue weighted by molar-refractivity contribution is 5.96. The summed E-state index contributed by atoms with van der Waals surface area (Å²) in [6.07, 6.45) is 3.62. The van der Waals surface area contributed by atoms with Crippen LogP contribution in [-0.4, -0.2) is 29.2 Å². The highest BCUT2D eigenvalue weighted by Gasteiger charge is 2.53. The molecule has 5 nitrogen and oxygen atoms in total. The van der Waals surface area contributed by atoms with E-state index in [2.05, 4.69) is 19.2 Å². The predicted molar refractivity (Wildman–Crippen MR) is 86.2 cm³/mol. The molecule has 2 bridgehead atoms. The van der Waals surface area contributed by atoms with E-state index in [0.717, 1.165) is 6.42 Å². The summed E-state index contributed by atoms with van der Waals surface area (Å²) in [5, 5.41) is 12.2. The van der Waals surface area contributed by atoms with E-state index in [9.17, 15) is 14.7 Å². The Morgan fingerprint density at radius 2 is 1.78 bits per heavy atom. The zero-order valence-corrected chi connectivity index (χ0v) is 13.2. The second-order valence-electron chi connectivity index (χ2n) is 6.26. The van der Waals surface area contributed by atoms with Crippen molar-refractivity contribution in [2.45, 2.75) is 38.4 Å². The first-order valence-electron chi connectivity index (χ1n) is 7.98. The number of ether oxygens (including phenoxy) is 1. The molecule has 3 rings (SSSR count). The fraction of sp³-hybridized carbons (Fsp3) is 0.444. The van der Waals surface area contributed by atoms with Crippen LogP contribution in [0, 0.1) is 11.8 Å². The lowest BCUT2D eigenvalue weighted by Crippen LogP contribution is -2.39. The summed E-state index contributed by atoms with van der Waals surface area (Å²) in [4.78, 5) is 23.9. The van der Waals surface area contributed by atoms with Crippen LogP contribution in [-0.2, 0) is 14.3 Å². The molecule has 2 N–H and O–H groups in total. The molecule has 2 heterocycles. The highest BCUT2D eigenvalue weighted by Crippen LogP contribution is 2.39. The minimum atomic E-state index is -0.992. The van der Waals surface area contributed by atoms with E-state index >= 15 is 0 Å². The van der Waals surface area contributed by atoms with E-state index in [0.29, 0.717) is 11.6 Å². The summed E-state index contributed by atoms with van der Waals surface area (Å²) >= 11 is 0. The number of carboxylic acids is 1. The van der Waals surface area contributed by atoms with E-state index in [1.54, 1.807) is 12.2 Å². The maximum Gasteiger partial charge on any atom is 0.310 e. The molecule has 2 aliphatic heterocycles. The van der Waals surface area contributed by atoms with Gasteiger partial charge in [0, 0.05) is 5.69 Å². The largest absolute Gasteiger partial charge is 0.481 e. The van der Waals surface area contributed by atoms with Crippen molar-refractivity contribution in [2.75, 3.05) is 5.32 Å². The van der Waals surface area contributed by atoms with Gasteiger partial charge in [0.1, 0.15) is 5.92 Å². The molecule has 23 heavy (non-hydrogen) atoms. The number of rotatable bonds is 5. The van der Waals surface area contributed by atoms with Crippen molar-refractivity contribution >= 4 is 17.6 Å². The summed E-state index contributed by atoms with van der Waals surface area (Å²) in [5.41, 5.74) is 1.90. The number of carboxylic acid groups (broad SMARTS) is 1. The molecular formula is C18H21NO4. The van der Waals surface area contributed by atoms with Gasteiger partial charge in [0.2, 0.25) is 5.91 Å². The van der Waals surface area contributed by atoms with Gasteiger partial charge >= 0.3 is 5.97 Å². The molecule has 0 unspecified atom stereocenters. The summed E-state index contributed by atoms with van der Waals surface area (Å²) in [6.45, 7) is 4.29. The number of carbonyl (C=O) groups is 2. The van der Waals surface area contributed by atoms with Gasteiger partial charge in [-0.05, 0) is 30.0 Å². The Bertz CT molecular complexity index is 637. The standard InChI is InChI=1S/C18H21NO4/c1-3-10(2)11-4-6-12(7-5-11)19-17(20)15-13-8-9-14(23-13)16(15)18(21)22/h4-10,13-16H,3H2,1-2H3,(H,19,20)(H,21,22)/t10-,13+,14-,15-,16+/m1/s1. The van der Waals surface area contributed by atoms with Gasteiger partial charge in [-0.1, -0.05) is 38.1 Å². The average Bonchev–Trinajstić information content (AvgIpc) is 3.15. The molecule has 1 aromatic carbocycles. The lowest BCUT2D eigenvalue weighted by molar-refractivity contribution is -0.145. The van der Waals surface area contributed by atoms with Crippen LogP contribution in [0.15, 0.2) is 36.4 Å². The molecule has 1 amide bonds. The van der Waals surface area contributed by atoms with Crippen LogP contribution >= 0.6 is 0 Å². The van der Waals surface area contributed by atoms with Crippen LogP contribution in [0.2, 0.25) is 0 Å². The molecule has 0 aromatic heterocycles. The number of hydrogen-bond acceptors (Lipinski definition) is 3. The van der Waals surface area contributed by atoms with E-state index in [4.69, 9.17) is 4.74 Å². The van der Waals surface area contributed by atoms with Crippen molar-refractivity contribution < 1.29 is 19.4 Å². The zero-order chi connectivity index (χ0) is 16.6. The number of carbonyl (C=O) groups excluding carboxylic acids is 1. The summed E-state index contributed by atoms with van der Waals surface area (Å²) in [7, 11) is 0. The Morgan fingerprint density at radius 3 is 2.35 bits per heavy atom. The van der Waals surface area contributed by atoms with Crippen LogP contribution in [0.3, 0.4) is 0 Å². The quantitative estimate of drug-likeness (QED) is 0.819. The summed E-state index contributed by atoms with van der Waals surface area (Å²) in [5.74, 6) is -2.32. The summed E-state index contributed by atoms with van der Waals surface area (Å²) in [6, 6.07) is 7.71. The van der Waals surface area contributed by atoms with Crippen LogP contribution in [0.4, 0.5) is 5.69 Å². The van der Waals surface area contributed by atoms with Gasteiger partial charge in [0.15, 0.2) is 0 Å². The Hall–Kier alpha value is -2.14. The minimum Gasteiger partial charge on any atom is -0.481 e. The molecule has 0 saturated carbocycles. The number of amides is 1. The van der Waals surface area contributed by atoms with Gasteiger partial charge in [0.05, 0.1) is 18.1 Å². The van der Waals surface area contributed by atoms with Crippen molar-refractivity contribution in [2.24, 2.45) is 11.8 Å². The molecule has 122 valence electrons. The third kappa shape index (κ3) is 2.88. The van der Waals surface area contributed by atoms with Crippen LogP contribution in [0.5, 0.6) is 0 Å². The Balaban J connectivity index is 1.72. The van der Waals surface area contributed by atoms with E-state index in [1.165, 1.54) is 5.56 Å². The molecule has 0 radical (unpaired) electrons. The van der Waals surface area contributed by atoms with Crippen molar-refractivity contribution in [3.8, 4) is 0 Å². The fourth-order valence-corrected chi connectivity index (χ4v) is 3.27. The van der Waals surface area contributed by atoms with E-state index < -0.39 is 30.0 Å².